The normalized spacial score (nSPS) is 18.5. The number of morpholine rings is 1. The highest BCUT2D eigenvalue weighted by atomic mass is 32.2. The summed E-state index contributed by atoms with van der Waals surface area (Å²) in [6.45, 7) is 8.94. The van der Waals surface area contributed by atoms with Gasteiger partial charge in [-0.1, -0.05) is 0 Å². The molecule has 42 heavy (non-hydrogen) atoms. The Bertz CT molecular complexity index is 1690. The van der Waals surface area contributed by atoms with Crippen molar-refractivity contribution in [3.05, 3.63) is 66.2 Å². The molecule has 0 bridgehead atoms. The van der Waals surface area contributed by atoms with Crippen LogP contribution in [0.1, 0.15) is 39.1 Å². The molecule has 1 fully saturated rings. The van der Waals surface area contributed by atoms with Crippen LogP contribution in [0, 0.1) is 0 Å². The molecular formula is C29H31F3N6O3S. The van der Waals surface area contributed by atoms with Gasteiger partial charge in [0.05, 0.1) is 45.7 Å². The van der Waals surface area contributed by atoms with Crippen LogP contribution in [0.2, 0.25) is 0 Å². The summed E-state index contributed by atoms with van der Waals surface area (Å²) in [7, 11) is -3.45. The Morgan fingerprint density at radius 2 is 1.74 bits per heavy atom. The van der Waals surface area contributed by atoms with Crippen LogP contribution in [-0.2, 0) is 27.3 Å². The minimum Gasteiger partial charge on any atom is -0.373 e. The number of nitrogens with zero attached hydrogens (tertiary/aromatic N) is 5. The third-order valence-corrected chi connectivity index (χ3v) is 9.07. The molecule has 1 aliphatic rings. The number of hydrogen-bond acceptors (Lipinski definition) is 9. The number of aromatic nitrogens is 4. The lowest BCUT2D eigenvalue weighted by Crippen LogP contribution is -2.45. The highest BCUT2D eigenvalue weighted by molar-refractivity contribution is 7.92. The molecule has 1 saturated heterocycles. The molecular weight excluding hydrogens is 569 g/mol. The first kappa shape index (κ1) is 29.8. The molecule has 1 aliphatic heterocycles. The summed E-state index contributed by atoms with van der Waals surface area (Å²) in [6, 6.07) is 10.0. The van der Waals surface area contributed by atoms with Gasteiger partial charge in [-0.2, -0.15) is 13.2 Å². The molecule has 0 amide bonds. The Hall–Kier alpha value is -3.68. The number of fused-ring (bicyclic) bond motifs is 1. The molecule has 1 N–H and O–H groups in total. The van der Waals surface area contributed by atoms with E-state index >= 15 is 0 Å². The first-order chi connectivity index (χ1) is 19.8. The van der Waals surface area contributed by atoms with Crippen molar-refractivity contribution in [1.29, 1.82) is 0 Å². The number of anilines is 2. The van der Waals surface area contributed by atoms with Crippen LogP contribution in [0.15, 0.2) is 59.8 Å². The van der Waals surface area contributed by atoms with Gasteiger partial charge in [-0.25, -0.2) is 23.4 Å². The van der Waals surface area contributed by atoms with E-state index in [0.29, 0.717) is 48.0 Å². The van der Waals surface area contributed by atoms with Gasteiger partial charge >= 0.3 is 6.18 Å². The third-order valence-electron chi connectivity index (χ3n) is 6.90. The Morgan fingerprint density at radius 1 is 1.05 bits per heavy atom. The van der Waals surface area contributed by atoms with Gasteiger partial charge in [-0.3, -0.25) is 9.88 Å². The van der Waals surface area contributed by atoms with Gasteiger partial charge in [-0.05, 0) is 70.2 Å². The summed E-state index contributed by atoms with van der Waals surface area (Å²) < 4.78 is 72.2. The summed E-state index contributed by atoms with van der Waals surface area (Å²) in [5.41, 5.74) is 0.301. The molecule has 4 aromatic rings. The predicted molar refractivity (Wildman–Crippen MR) is 153 cm³/mol. The number of sulfone groups is 1. The van der Waals surface area contributed by atoms with E-state index in [0.717, 1.165) is 6.07 Å². The van der Waals surface area contributed by atoms with Crippen LogP contribution < -0.4 is 5.32 Å². The van der Waals surface area contributed by atoms with Gasteiger partial charge in [0, 0.05) is 36.7 Å². The van der Waals surface area contributed by atoms with E-state index in [4.69, 9.17) is 9.72 Å². The van der Waals surface area contributed by atoms with Crippen molar-refractivity contribution < 1.29 is 26.3 Å². The van der Waals surface area contributed by atoms with Gasteiger partial charge in [0.25, 0.3) is 0 Å². The number of pyridine rings is 2. The zero-order chi connectivity index (χ0) is 30.2. The van der Waals surface area contributed by atoms with Crippen molar-refractivity contribution in [1.82, 2.24) is 24.8 Å². The fraction of sp³-hybridized carbons (Fsp3) is 0.379. The van der Waals surface area contributed by atoms with Crippen LogP contribution in [-0.4, -0.2) is 63.8 Å². The second-order valence-electron chi connectivity index (χ2n) is 10.7. The summed E-state index contributed by atoms with van der Waals surface area (Å²) in [4.78, 5) is 20.2. The van der Waals surface area contributed by atoms with Crippen LogP contribution >= 0.6 is 0 Å². The molecule has 1 aromatic carbocycles. The van der Waals surface area contributed by atoms with Crippen LogP contribution in [0.3, 0.4) is 0 Å². The fourth-order valence-electron chi connectivity index (χ4n) is 4.97. The molecule has 4 heterocycles. The monoisotopic (exact) mass is 600 g/mol. The van der Waals surface area contributed by atoms with Gasteiger partial charge < -0.3 is 10.1 Å². The van der Waals surface area contributed by atoms with Crippen molar-refractivity contribution in [3.8, 4) is 11.3 Å². The van der Waals surface area contributed by atoms with E-state index in [-0.39, 0.29) is 28.4 Å². The molecule has 3 aromatic heterocycles. The highest BCUT2D eigenvalue weighted by Crippen LogP contribution is 2.36. The summed E-state index contributed by atoms with van der Waals surface area (Å²) in [6.07, 6.45) is -1.94. The molecule has 2 unspecified atom stereocenters. The predicted octanol–water partition coefficient (Wildman–Crippen LogP) is 5.64. The first-order valence-corrected chi connectivity index (χ1v) is 15.0. The van der Waals surface area contributed by atoms with E-state index in [2.05, 4.69) is 25.2 Å². The van der Waals surface area contributed by atoms with Crippen molar-refractivity contribution in [3.63, 3.8) is 0 Å². The van der Waals surface area contributed by atoms with Crippen molar-refractivity contribution in [2.75, 3.05) is 18.4 Å². The third kappa shape index (κ3) is 6.37. The average molecular weight is 601 g/mol. The largest absolute Gasteiger partial charge is 0.418 e. The van der Waals surface area contributed by atoms with E-state index in [1.807, 2.05) is 13.8 Å². The lowest BCUT2D eigenvalue weighted by molar-refractivity contribution is -0.137. The Kier molecular flexibility index (Phi) is 8.19. The molecule has 0 saturated carbocycles. The molecule has 222 valence electrons. The first-order valence-electron chi connectivity index (χ1n) is 13.5. The SMILES string of the molecule is CC1CN(Cc2nc(Nc3ccc(S(=O)(=O)C(C)C)cc3)c3ncc(-c4ncccc4C(F)(F)F)cc3n2)CC(C)O1. The molecule has 0 radical (unpaired) electrons. The number of nitrogens with one attached hydrogen (secondary N) is 1. The number of hydrogen-bond donors (Lipinski definition) is 1. The van der Waals surface area contributed by atoms with E-state index in [1.54, 1.807) is 26.0 Å². The molecule has 0 aliphatic carbocycles. The minimum atomic E-state index is -4.60. The maximum atomic E-state index is 13.7. The lowest BCUT2D eigenvalue weighted by Gasteiger charge is -2.34. The molecule has 9 nitrogen and oxygen atoms in total. The topological polar surface area (TPSA) is 110 Å². The Balaban J connectivity index is 1.57. The van der Waals surface area contributed by atoms with E-state index in [9.17, 15) is 21.6 Å². The number of ether oxygens (including phenoxy) is 1. The van der Waals surface area contributed by atoms with Gasteiger partial charge in [0.15, 0.2) is 15.7 Å². The van der Waals surface area contributed by atoms with Crippen molar-refractivity contribution in [2.45, 2.75) is 62.8 Å². The summed E-state index contributed by atoms with van der Waals surface area (Å²) in [5.74, 6) is 0.786. The minimum absolute atomic E-state index is 0.0191. The molecule has 0 spiro atoms. The zero-order valence-electron chi connectivity index (χ0n) is 23.6. The fourth-order valence-corrected chi connectivity index (χ4v) is 6.03. The Labute approximate surface area is 242 Å². The van der Waals surface area contributed by atoms with E-state index in [1.165, 1.54) is 36.7 Å². The molecule has 13 heteroatoms. The quantitative estimate of drug-likeness (QED) is 0.288. The smallest absolute Gasteiger partial charge is 0.373 e. The second-order valence-corrected chi connectivity index (χ2v) is 13.2. The van der Waals surface area contributed by atoms with Crippen molar-refractivity contribution in [2.24, 2.45) is 0 Å². The summed E-state index contributed by atoms with van der Waals surface area (Å²) >= 11 is 0. The van der Waals surface area contributed by atoms with E-state index < -0.39 is 26.8 Å². The summed E-state index contributed by atoms with van der Waals surface area (Å²) in [5, 5.41) is 2.63. The number of benzene rings is 1. The highest BCUT2D eigenvalue weighted by Gasteiger charge is 2.34. The van der Waals surface area contributed by atoms with Crippen LogP contribution in [0.4, 0.5) is 24.7 Å². The number of rotatable bonds is 7. The maximum Gasteiger partial charge on any atom is 0.418 e. The Morgan fingerprint density at radius 3 is 2.38 bits per heavy atom. The lowest BCUT2D eigenvalue weighted by atomic mass is 10.1. The maximum absolute atomic E-state index is 13.7. The number of halogens is 3. The zero-order valence-corrected chi connectivity index (χ0v) is 24.4. The van der Waals surface area contributed by atoms with Gasteiger partial charge in [0.1, 0.15) is 11.3 Å². The van der Waals surface area contributed by atoms with Crippen molar-refractivity contribution >= 4 is 32.4 Å². The molecule has 5 rings (SSSR count). The average Bonchev–Trinajstić information content (AvgIpc) is 2.92. The van der Waals surface area contributed by atoms with Gasteiger partial charge in [0.2, 0.25) is 0 Å². The standard InChI is InChI=1S/C29H31F3N6O3S/c1-17(2)42(39,40)22-9-7-21(8-10-22)35-28-27-24(36-25(37-28)16-38-14-18(3)41-19(4)15-38)12-20(13-34-27)26-23(29(30,31)32)6-5-11-33-26/h5-13,17-19H,14-16H2,1-4H3,(H,35,36,37). The molecule has 2 atom stereocenters. The number of alkyl halides is 3. The van der Waals surface area contributed by atoms with Crippen LogP contribution in [0.5, 0.6) is 0 Å². The van der Waals surface area contributed by atoms with Gasteiger partial charge in [-0.15, -0.1) is 0 Å². The van der Waals surface area contributed by atoms with Crippen LogP contribution in [0.25, 0.3) is 22.3 Å². The second kappa shape index (κ2) is 11.5.